The number of hydrogen-bond acceptors (Lipinski definition) is 3. The summed E-state index contributed by atoms with van der Waals surface area (Å²) in [6, 6.07) is 15.8. The average Bonchev–Trinajstić information content (AvgIpc) is 2.56. The third kappa shape index (κ3) is 3.17. The zero-order valence-corrected chi connectivity index (χ0v) is 13.8. The molecule has 0 saturated carbocycles. The minimum atomic E-state index is -0.343. The fourth-order valence-corrected chi connectivity index (χ4v) is 4.39. The van der Waals surface area contributed by atoms with Crippen LogP contribution in [0.2, 0.25) is 0 Å². The molecule has 0 radical (unpaired) electrons. The molecule has 1 aromatic carbocycles. The first-order valence-electron chi connectivity index (χ1n) is 8.83. The van der Waals surface area contributed by atoms with E-state index >= 15 is 0 Å². The Balaban J connectivity index is 1.43. The van der Waals surface area contributed by atoms with Crippen molar-refractivity contribution in [3.8, 4) is 0 Å². The van der Waals surface area contributed by atoms with Crippen LogP contribution >= 0.6 is 0 Å². The molecule has 126 valence electrons. The standard InChI is InChI=1S/C20H24N2O2/c23-18(10-15-5-2-1-3-6-15)14-21-11-16-9-17(13-21)19-7-4-8-20(24)22(19)12-16/h1-8,16-18,23H,9-14H2/t16-,17-,18+/m0/s1. The molecule has 0 spiro atoms. The molecular weight excluding hydrogens is 300 g/mol. The summed E-state index contributed by atoms with van der Waals surface area (Å²) in [6.45, 7) is 3.44. The van der Waals surface area contributed by atoms with Crippen molar-refractivity contribution in [2.45, 2.75) is 31.4 Å². The molecule has 1 aromatic heterocycles. The highest BCUT2D eigenvalue weighted by Gasteiger charge is 2.34. The second kappa shape index (κ2) is 6.54. The Morgan fingerprint density at radius 2 is 1.88 bits per heavy atom. The fourth-order valence-electron chi connectivity index (χ4n) is 4.39. The molecular formula is C20H24N2O2. The first kappa shape index (κ1) is 15.6. The van der Waals surface area contributed by atoms with Crippen LogP contribution in [-0.2, 0) is 13.0 Å². The van der Waals surface area contributed by atoms with E-state index in [2.05, 4.69) is 23.1 Å². The molecule has 0 unspecified atom stereocenters. The van der Waals surface area contributed by atoms with Crippen LogP contribution in [0.3, 0.4) is 0 Å². The molecule has 1 saturated heterocycles. The third-order valence-corrected chi connectivity index (χ3v) is 5.34. The average molecular weight is 324 g/mol. The number of rotatable bonds is 4. The Hall–Kier alpha value is -1.91. The van der Waals surface area contributed by atoms with Crippen LogP contribution in [0.15, 0.2) is 53.3 Å². The van der Waals surface area contributed by atoms with Crippen molar-refractivity contribution in [3.05, 3.63) is 70.1 Å². The van der Waals surface area contributed by atoms with E-state index in [1.165, 1.54) is 11.3 Å². The Morgan fingerprint density at radius 1 is 1.04 bits per heavy atom. The molecule has 2 aromatic rings. The predicted octanol–water partition coefficient (Wildman–Crippen LogP) is 1.87. The quantitative estimate of drug-likeness (QED) is 0.934. The molecule has 2 bridgehead atoms. The van der Waals surface area contributed by atoms with Crippen LogP contribution in [-0.4, -0.2) is 40.3 Å². The van der Waals surface area contributed by atoms with E-state index in [0.29, 0.717) is 24.8 Å². The van der Waals surface area contributed by atoms with E-state index in [1.54, 1.807) is 6.07 Å². The number of hydrogen-bond donors (Lipinski definition) is 1. The summed E-state index contributed by atoms with van der Waals surface area (Å²) in [4.78, 5) is 14.4. The smallest absolute Gasteiger partial charge is 0.250 e. The van der Waals surface area contributed by atoms with E-state index in [1.807, 2.05) is 28.8 Å². The number of likely N-dealkylation sites (tertiary alicyclic amines) is 1. The summed E-state index contributed by atoms with van der Waals surface area (Å²) >= 11 is 0. The molecule has 0 amide bonds. The first-order chi connectivity index (χ1) is 11.7. The first-order valence-corrected chi connectivity index (χ1v) is 8.83. The fraction of sp³-hybridized carbons (Fsp3) is 0.450. The van der Waals surface area contributed by atoms with E-state index < -0.39 is 0 Å². The number of fused-ring (bicyclic) bond motifs is 4. The number of benzene rings is 1. The summed E-state index contributed by atoms with van der Waals surface area (Å²) in [5, 5.41) is 10.5. The van der Waals surface area contributed by atoms with Gasteiger partial charge in [-0.15, -0.1) is 0 Å². The molecule has 3 atom stereocenters. The zero-order chi connectivity index (χ0) is 16.5. The second-order valence-corrected chi connectivity index (χ2v) is 7.26. The molecule has 4 heteroatoms. The lowest BCUT2D eigenvalue weighted by Gasteiger charge is -2.43. The molecule has 4 nitrogen and oxygen atoms in total. The molecule has 2 aliphatic heterocycles. The lowest BCUT2D eigenvalue weighted by atomic mass is 9.83. The maximum Gasteiger partial charge on any atom is 0.250 e. The van der Waals surface area contributed by atoms with Crippen molar-refractivity contribution in [1.82, 2.24) is 9.47 Å². The molecule has 3 heterocycles. The topological polar surface area (TPSA) is 45.5 Å². The van der Waals surface area contributed by atoms with Gasteiger partial charge < -0.3 is 9.67 Å². The number of aromatic nitrogens is 1. The molecule has 24 heavy (non-hydrogen) atoms. The number of aliphatic hydroxyl groups excluding tert-OH is 1. The van der Waals surface area contributed by atoms with Crippen molar-refractivity contribution in [2.24, 2.45) is 5.92 Å². The normalized spacial score (nSPS) is 24.4. The van der Waals surface area contributed by atoms with Gasteiger partial charge in [-0.05, 0) is 30.4 Å². The van der Waals surface area contributed by atoms with Crippen LogP contribution < -0.4 is 5.56 Å². The number of aliphatic hydroxyl groups is 1. The predicted molar refractivity (Wildman–Crippen MR) is 94.1 cm³/mol. The molecule has 0 aliphatic carbocycles. The van der Waals surface area contributed by atoms with Gasteiger partial charge in [0.25, 0.3) is 5.56 Å². The number of pyridine rings is 1. The van der Waals surface area contributed by atoms with E-state index in [9.17, 15) is 9.90 Å². The van der Waals surface area contributed by atoms with Crippen LogP contribution in [0.5, 0.6) is 0 Å². The molecule has 1 fully saturated rings. The van der Waals surface area contributed by atoms with Gasteiger partial charge in [-0.2, -0.15) is 0 Å². The van der Waals surface area contributed by atoms with Gasteiger partial charge in [0.1, 0.15) is 0 Å². The van der Waals surface area contributed by atoms with E-state index in [0.717, 1.165) is 26.1 Å². The lowest BCUT2D eigenvalue weighted by molar-refractivity contribution is 0.0626. The summed E-state index contributed by atoms with van der Waals surface area (Å²) in [5.41, 5.74) is 2.47. The monoisotopic (exact) mass is 324 g/mol. The van der Waals surface area contributed by atoms with Gasteiger partial charge >= 0.3 is 0 Å². The van der Waals surface area contributed by atoms with Gasteiger partial charge in [-0.25, -0.2) is 0 Å². The van der Waals surface area contributed by atoms with Crippen molar-refractivity contribution < 1.29 is 5.11 Å². The summed E-state index contributed by atoms with van der Waals surface area (Å²) in [7, 11) is 0. The van der Waals surface area contributed by atoms with Crippen molar-refractivity contribution in [1.29, 1.82) is 0 Å². The molecule has 4 rings (SSSR count). The number of piperidine rings is 1. The Morgan fingerprint density at radius 3 is 2.71 bits per heavy atom. The summed E-state index contributed by atoms with van der Waals surface area (Å²) in [5.74, 6) is 0.926. The van der Waals surface area contributed by atoms with Gasteiger partial charge in [0.15, 0.2) is 0 Å². The van der Waals surface area contributed by atoms with Gasteiger partial charge in [0.2, 0.25) is 0 Å². The molecule has 1 N–H and O–H groups in total. The summed E-state index contributed by atoms with van der Waals surface area (Å²) in [6.07, 6.45) is 1.52. The van der Waals surface area contributed by atoms with Gasteiger partial charge in [-0.1, -0.05) is 36.4 Å². The maximum atomic E-state index is 12.1. The Labute approximate surface area is 142 Å². The minimum Gasteiger partial charge on any atom is -0.391 e. The highest BCUT2D eigenvalue weighted by Crippen LogP contribution is 2.34. The number of nitrogens with zero attached hydrogens (tertiary/aromatic N) is 2. The third-order valence-electron chi connectivity index (χ3n) is 5.34. The van der Waals surface area contributed by atoms with Gasteiger partial charge in [0, 0.05) is 43.9 Å². The Bertz CT molecular complexity index is 756. The largest absolute Gasteiger partial charge is 0.391 e. The van der Waals surface area contributed by atoms with E-state index in [4.69, 9.17) is 0 Å². The maximum absolute atomic E-state index is 12.1. The van der Waals surface area contributed by atoms with Crippen LogP contribution in [0.1, 0.15) is 23.6 Å². The van der Waals surface area contributed by atoms with Crippen molar-refractivity contribution in [2.75, 3.05) is 19.6 Å². The van der Waals surface area contributed by atoms with Crippen molar-refractivity contribution in [3.63, 3.8) is 0 Å². The van der Waals surface area contributed by atoms with Crippen LogP contribution in [0, 0.1) is 5.92 Å². The van der Waals surface area contributed by atoms with Crippen LogP contribution in [0.4, 0.5) is 0 Å². The number of β-amino-alcohol motifs (C(OH)–C–C–N with tert-alkyl or cyclic N) is 1. The van der Waals surface area contributed by atoms with Crippen LogP contribution in [0.25, 0.3) is 0 Å². The minimum absolute atomic E-state index is 0.125. The summed E-state index contributed by atoms with van der Waals surface area (Å²) < 4.78 is 1.95. The van der Waals surface area contributed by atoms with Crippen molar-refractivity contribution >= 4 is 0 Å². The Kier molecular flexibility index (Phi) is 4.25. The SMILES string of the molecule is O=c1cccc2n1C[C@H]1C[C@H]2CN(C[C@H](O)Cc2ccccc2)C1. The zero-order valence-electron chi connectivity index (χ0n) is 13.8. The highest BCUT2D eigenvalue weighted by atomic mass is 16.3. The lowest BCUT2D eigenvalue weighted by Crippen LogP contribution is -2.49. The van der Waals surface area contributed by atoms with E-state index in [-0.39, 0.29) is 11.7 Å². The van der Waals surface area contributed by atoms with Gasteiger partial charge in [-0.3, -0.25) is 9.69 Å². The molecule has 2 aliphatic rings. The second-order valence-electron chi connectivity index (χ2n) is 7.26. The van der Waals surface area contributed by atoms with Gasteiger partial charge in [0.05, 0.1) is 6.10 Å². The highest BCUT2D eigenvalue weighted by molar-refractivity contribution is 5.18.